The van der Waals surface area contributed by atoms with Gasteiger partial charge in [-0.15, -0.1) is 0 Å². The van der Waals surface area contributed by atoms with Gasteiger partial charge in [0.2, 0.25) is 0 Å². The number of benzene rings is 1. The first-order valence-electron chi connectivity index (χ1n) is 11.1. The largest absolute Gasteiger partial charge is 0.507 e. The molecule has 1 amide bonds. The van der Waals surface area contributed by atoms with E-state index in [1.165, 1.54) is 6.07 Å². The number of nitrogens with zero attached hydrogens (tertiary/aromatic N) is 1. The fourth-order valence-corrected chi connectivity index (χ4v) is 3.11. The van der Waals surface area contributed by atoms with E-state index in [-0.39, 0.29) is 23.8 Å². The van der Waals surface area contributed by atoms with Crippen molar-refractivity contribution in [3.8, 4) is 16.9 Å². The maximum atomic E-state index is 12.9. The van der Waals surface area contributed by atoms with Gasteiger partial charge in [0.05, 0.1) is 0 Å². The number of alkyl carbamates (subject to hydrolysis) is 1. The lowest BCUT2D eigenvalue weighted by molar-refractivity contribution is -0.141. The number of rotatable bonds is 6. The molecule has 1 atom stereocenters. The zero-order valence-corrected chi connectivity index (χ0v) is 20.7. The summed E-state index contributed by atoms with van der Waals surface area (Å²) in [6, 6.07) is 5.72. The van der Waals surface area contributed by atoms with Gasteiger partial charge in [-0.3, -0.25) is 4.98 Å². The van der Waals surface area contributed by atoms with Gasteiger partial charge in [-0.2, -0.15) is 13.2 Å². The van der Waals surface area contributed by atoms with Crippen LogP contribution in [0, 0.1) is 0 Å². The molecule has 0 saturated heterocycles. The molecule has 1 unspecified atom stereocenters. The Labute approximate surface area is 198 Å². The van der Waals surface area contributed by atoms with Crippen LogP contribution in [0.3, 0.4) is 0 Å². The van der Waals surface area contributed by atoms with E-state index in [2.05, 4.69) is 15.6 Å². The van der Waals surface area contributed by atoms with E-state index in [0.29, 0.717) is 23.2 Å². The monoisotopic (exact) mass is 481 g/mol. The minimum absolute atomic E-state index is 0.0330. The van der Waals surface area contributed by atoms with Gasteiger partial charge in [0.25, 0.3) is 0 Å². The number of halogens is 3. The lowest BCUT2D eigenvalue weighted by atomic mass is 9.83. The van der Waals surface area contributed by atoms with E-state index < -0.39 is 23.6 Å². The molecule has 0 aliphatic carbocycles. The molecular formula is C25H34F3N3O3. The van der Waals surface area contributed by atoms with Crippen LogP contribution >= 0.6 is 0 Å². The van der Waals surface area contributed by atoms with Crippen LogP contribution in [0.5, 0.6) is 5.75 Å². The Morgan fingerprint density at radius 1 is 1.12 bits per heavy atom. The smallest absolute Gasteiger partial charge is 0.433 e. The van der Waals surface area contributed by atoms with Crippen molar-refractivity contribution in [3.63, 3.8) is 0 Å². The van der Waals surface area contributed by atoms with Gasteiger partial charge in [0.15, 0.2) is 0 Å². The number of ether oxygens (including phenoxy) is 1. The van der Waals surface area contributed by atoms with Crippen molar-refractivity contribution in [2.45, 2.75) is 78.2 Å². The van der Waals surface area contributed by atoms with Crippen molar-refractivity contribution in [2.75, 3.05) is 6.54 Å². The number of carbonyl (C=O) groups is 1. The summed E-state index contributed by atoms with van der Waals surface area (Å²) in [6.07, 6.45) is -3.93. The normalized spacial score (nSPS) is 13.5. The van der Waals surface area contributed by atoms with Gasteiger partial charge in [-0.1, -0.05) is 32.9 Å². The lowest BCUT2D eigenvalue weighted by Crippen LogP contribution is -2.41. The van der Waals surface area contributed by atoms with Crippen LogP contribution in [0.25, 0.3) is 11.1 Å². The molecule has 188 valence electrons. The van der Waals surface area contributed by atoms with Crippen molar-refractivity contribution in [1.29, 1.82) is 0 Å². The molecule has 3 N–H and O–H groups in total. The van der Waals surface area contributed by atoms with Crippen molar-refractivity contribution in [3.05, 3.63) is 47.3 Å². The van der Waals surface area contributed by atoms with E-state index in [4.69, 9.17) is 4.74 Å². The van der Waals surface area contributed by atoms with E-state index >= 15 is 0 Å². The molecule has 9 heteroatoms. The van der Waals surface area contributed by atoms with Gasteiger partial charge in [0, 0.05) is 42.0 Å². The zero-order valence-electron chi connectivity index (χ0n) is 20.7. The zero-order chi connectivity index (χ0) is 25.9. The number of hydrogen-bond donors (Lipinski definition) is 3. The van der Waals surface area contributed by atoms with Crippen molar-refractivity contribution < 1.29 is 27.8 Å². The number of hydrogen-bond acceptors (Lipinski definition) is 5. The van der Waals surface area contributed by atoms with Gasteiger partial charge >= 0.3 is 12.3 Å². The molecule has 2 rings (SSSR count). The number of aromatic hydroxyl groups is 1. The maximum Gasteiger partial charge on any atom is 0.433 e. The average Bonchev–Trinajstić information content (AvgIpc) is 2.69. The second-order valence-electron chi connectivity index (χ2n) is 10.4. The third kappa shape index (κ3) is 7.90. The Balaban J connectivity index is 2.23. The minimum atomic E-state index is -4.54. The van der Waals surface area contributed by atoms with Crippen LogP contribution in [0.4, 0.5) is 18.0 Å². The number of phenols is 1. The van der Waals surface area contributed by atoms with Crippen LogP contribution < -0.4 is 10.6 Å². The Morgan fingerprint density at radius 3 is 2.26 bits per heavy atom. The number of pyridine rings is 1. The van der Waals surface area contributed by atoms with Crippen LogP contribution in [-0.2, 0) is 22.9 Å². The van der Waals surface area contributed by atoms with Crippen LogP contribution in [0.15, 0.2) is 30.5 Å². The molecular weight excluding hydrogens is 447 g/mol. The van der Waals surface area contributed by atoms with Crippen molar-refractivity contribution >= 4 is 6.09 Å². The van der Waals surface area contributed by atoms with E-state index in [9.17, 15) is 23.1 Å². The summed E-state index contributed by atoms with van der Waals surface area (Å²) >= 11 is 0. The first-order valence-corrected chi connectivity index (χ1v) is 11.1. The molecule has 0 aliphatic rings. The molecule has 0 aliphatic heterocycles. The first kappa shape index (κ1) is 27.4. The Bertz CT molecular complexity index is 992. The Hall–Kier alpha value is -2.81. The number of alkyl halides is 3. The summed E-state index contributed by atoms with van der Waals surface area (Å²) in [6.45, 7) is 13.9. The molecule has 0 fully saturated rings. The summed E-state index contributed by atoms with van der Waals surface area (Å²) in [5.41, 5.74) is 0.450. The fourth-order valence-electron chi connectivity index (χ4n) is 3.11. The maximum absolute atomic E-state index is 12.9. The average molecular weight is 482 g/mol. The second-order valence-corrected chi connectivity index (χ2v) is 10.4. The first-order chi connectivity index (χ1) is 15.5. The van der Waals surface area contributed by atoms with E-state index in [1.807, 2.05) is 33.8 Å². The highest BCUT2D eigenvalue weighted by Crippen LogP contribution is 2.38. The third-order valence-corrected chi connectivity index (χ3v) is 5.01. The highest BCUT2D eigenvalue weighted by molar-refractivity contribution is 5.72. The van der Waals surface area contributed by atoms with E-state index in [0.717, 1.165) is 17.8 Å². The molecule has 6 nitrogen and oxygen atoms in total. The van der Waals surface area contributed by atoms with Crippen LogP contribution in [0.2, 0.25) is 0 Å². The van der Waals surface area contributed by atoms with Gasteiger partial charge in [-0.05, 0) is 50.8 Å². The number of carbonyl (C=O) groups excluding carboxylic acids is 1. The SMILES string of the molecule is CC(CNC(=O)OC(C)(C)C)NCc1cc(C(C)(C)C)cc(-c2ccc(C(F)(F)F)nc2)c1O. The molecule has 0 radical (unpaired) electrons. The molecule has 0 saturated carbocycles. The summed E-state index contributed by atoms with van der Waals surface area (Å²) < 4.78 is 43.9. The molecule has 0 spiro atoms. The minimum Gasteiger partial charge on any atom is -0.507 e. The van der Waals surface area contributed by atoms with Gasteiger partial charge < -0.3 is 20.5 Å². The number of aromatic nitrogens is 1. The summed E-state index contributed by atoms with van der Waals surface area (Å²) in [7, 11) is 0. The quantitative estimate of drug-likeness (QED) is 0.488. The molecule has 0 bridgehead atoms. The predicted octanol–water partition coefficient (Wildman–Crippen LogP) is 5.77. The van der Waals surface area contributed by atoms with Gasteiger partial charge in [0.1, 0.15) is 17.0 Å². The highest BCUT2D eigenvalue weighted by Gasteiger charge is 2.32. The molecule has 1 aromatic carbocycles. The highest BCUT2D eigenvalue weighted by atomic mass is 19.4. The molecule has 1 aromatic heterocycles. The number of amides is 1. The predicted molar refractivity (Wildman–Crippen MR) is 126 cm³/mol. The van der Waals surface area contributed by atoms with Gasteiger partial charge in [-0.25, -0.2) is 4.79 Å². The van der Waals surface area contributed by atoms with Crippen molar-refractivity contribution in [1.82, 2.24) is 15.6 Å². The second kappa shape index (κ2) is 10.2. The standard InChI is InChI=1S/C25H34F3N3O3/c1-15(12-31-22(33)34-24(5,6)7)29-14-17-10-18(23(2,3)4)11-19(21(17)32)16-8-9-20(30-13-16)25(26,27)28/h8-11,13,15,29,32H,12,14H2,1-7H3,(H,31,33). The van der Waals surface area contributed by atoms with Crippen molar-refractivity contribution in [2.24, 2.45) is 0 Å². The topological polar surface area (TPSA) is 83.5 Å². The number of nitrogens with one attached hydrogen (secondary N) is 2. The molecule has 34 heavy (non-hydrogen) atoms. The summed E-state index contributed by atoms with van der Waals surface area (Å²) in [4.78, 5) is 15.4. The third-order valence-electron chi connectivity index (χ3n) is 5.01. The molecule has 1 heterocycles. The van der Waals surface area contributed by atoms with E-state index in [1.54, 1.807) is 26.8 Å². The lowest BCUT2D eigenvalue weighted by Gasteiger charge is -2.24. The summed E-state index contributed by atoms with van der Waals surface area (Å²) in [5.74, 6) is -0.0330. The van der Waals surface area contributed by atoms with Crippen LogP contribution in [0.1, 0.15) is 65.3 Å². The fraction of sp³-hybridized carbons (Fsp3) is 0.520. The Kier molecular flexibility index (Phi) is 8.24. The van der Waals surface area contributed by atoms with Crippen LogP contribution in [-0.4, -0.2) is 34.4 Å². The Morgan fingerprint density at radius 2 is 1.76 bits per heavy atom. The summed E-state index contributed by atoms with van der Waals surface area (Å²) in [5, 5.41) is 16.9. The molecule has 2 aromatic rings. The number of phenolic OH excluding ortho intramolecular Hbond substituents is 1.